The van der Waals surface area contributed by atoms with Crippen molar-refractivity contribution in [3.63, 3.8) is 0 Å². The van der Waals surface area contributed by atoms with Gasteiger partial charge in [0.05, 0.1) is 0 Å². The summed E-state index contributed by atoms with van der Waals surface area (Å²) >= 11 is 0. The van der Waals surface area contributed by atoms with Crippen molar-refractivity contribution >= 4 is 0 Å². The predicted octanol–water partition coefficient (Wildman–Crippen LogP) is 7.56. The molecule has 0 spiro atoms. The number of benzene rings is 1. The van der Waals surface area contributed by atoms with Gasteiger partial charge < -0.3 is 0 Å². The normalized spacial score (nSPS) is 36.1. The zero-order valence-corrected chi connectivity index (χ0v) is 16.9. The maximum Gasteiger partial charge on any atom is 0.126 e. The molecular weight excluding hydrogens is 338 g/mol. The highest BCUT2D eigenvalue weighted by atomic mass is 19.1. The van der Waals surface area contributed by atoms with E-state index in [2.05, 4.69) is 6.92 Å². The highest BCUT2D eigenvalue weighted by Gasteiger charge is 2.44. The maximum absolute atomic E-state index is 13.4. The SMILES string of the molecule is CCC[C@@H]1CC[C@H]2[C@H](CC[C@H]3CC(CCc4cc(F)cc(F)c4)CC[C@@H]32)C1. The van der Waals surface area contributed by atoms with Gasteiger partial charge in [0.1, 0.15) is 11.6 Å². The lowest BCUT2D eigenvalue weighted by molar-refractivity contribution is -0.00405. The van der Waals surface area contributed by atoms with Crippen molar-refractivity contribution in [2.75, 3.05) is 0 Å². The van der Waals surface area contributed by atoms with E-state index in [0.29, 0.717) is 0 Å². The predicted molar refractivity (Wildman–Crippen MR) is 107 cm³/mol. The highest BCUT2D eigenvalue weighted by Crippen LogP contribution is 2.54. The molecule has 1 aromatic rings. The summed E-state index contributed by atoms with van der Waals surface area (Å²) < 4.78 is 26.8. The van der Waals surface area contributed by atoms with E-state index in [1.54, 1.807) is 0 Å². The van der Waals surface area contributed by atoms with Crippen LogP contribution in [0.3, 0.4) is 0 Å². The van der Waals surface area contributed by atoms with Crippen molar-refractivity contribution in [2.45, 2.75) is 84.0 Å². The molecule has 0 aliphatic heterocycles. The average Bonchev–Trinajstić information content (AvgIpc) is 2.65. The molecule has 150 valence electrons. The van der Waals surface area contributed by atoms with E-state index < -0.39 is 11.6 Å². The molecule has 3 saturated carbocycles. The van der Waals surface area contributed by atoms with E-state index in [-0.39, 0.29) is 0 Å². The highest BCUT2D eigenvalue weighted by molar-refractivity contribution is 5.18. The molecule has 2 heteroatoms. The Bertz CT molecular complexity index is 604. The minimum atomic E-state index is -0.439. The third-order valence-electron chi connectivity index (χ3n) is 8.22. The van der Waals surface area contributed by atoms with Gasteiger partial charge in [-0.1, -0.05) is 32.6 Å². The number of halogens is 2. The van der Waals surface area contributed by atoms with Crippen molar-refractivity contribution < 1.29 is 8.78 Å². The van der Waals surface area contributed by atoms with E-state index in [0.717, 1.165) is 60.0 Å². The van der Waals surface area contributed by atoms with Gasteiger partial charge in [-0.3, -0.25) is 0 Å². The molecule has 3 aliphatic rings. The zero-order valence-electron chi connectivity index (χ0n) is 16.9. The Balaban J connectivity index is 1.30. The number of rotatable bonds is 5. The summed E-state index contributed by atoms with van der Waals surface area (Å²) in [5, 5.41) is 0. The van der Waals surface area contributed by atoms with Crippen LogP contribution in [0.2, 0.25) is 0 Å². The Morgan fingerprint density at radius 2 is 1.30 bits per heavy atom. The lowest BCUT2D eigenvalue weighted by Crippen LogP contribution is -2.41. The fourth-order valence-electron chi connectivity index (χ4n) is 7.05. The first-order chi connectivity index (χ1) is 13.1. The van der Waals surface area contributed by atoms with E-state index in [1.165, 1.54) is 76.3 Å². The van der Waals surface area contributed by atoms with Crippen LogP contribution >= 0.6 is 0 Å². The van der Waals surface area contributed by atoms with E-state index in [1.807, 2.05) is 0 Å². The van der Waals surface area contributed by atoms with Gasteiger partial charge in [-0.25, -0.2) is 8.78 Å². The molecule has 3 fully saturated rings. The summed E-state index contributed by atoms with van der Waals surface area (Å²) in [6, 6.07) is 3.99. The van der Waals surface area contributed by atoms with Gasteiger partial charge in [0.15, 0.2) is 0 Å². The third kappa shape index (κ3) is 4.57. The van der Waals surface area contributed by atoms with Crippen LogP contribution in [-0.4, -0.2) is 0 Å². The number of fused-ring (bicyclic) bond motifs is 3. The lowest BCUT2D eigenvalue weighted by atomic mass is 9.55. The second-order valence-corrected chi connectivity index (χ2v) is 9.89. The van der Waals surface area contributed by atoms with Crippen LogP contribution in [0.1, 0.15) is 83.1 Å². The maximum atomic E-state index is 13.4. The molecule has 3 aliphatic carbocycles. The Hall–Kier alpha value is -0.920. The topological polar surface area (TPSA) is 0 Å². The van der Waals surface area contributed by atoms with Crippen molar-refractivity contribution in [3.8, 4) is 0 Å². The molecule has 27 heavy (non-hydrogen) atoms. The fourth-order valence-corrected chi connectivity index (χ4v) is 7.05. The summed E-state index contributed by atoms with van der Waals surface area (Å²) in [7, 11) is 0. The summed E-state index contributed by atoms with van der Waals surface area (Å²) in [6.07, 6.45) is 16.2. The number of hydrogen-bond donors (Lipinski definition) is 0. The Labute approximate surface area is 164 Å². The molecule has 4 rings (SSSR count). The van der Waals surface area contributed by atoms with Crippen LogP contribution in [0.15, 0.2) is 18.2 Å². The molecule has 0 N–H and O–H groups in total. The lowest BCUT2D eigenvalue weighted by Gasteiger charge is -2.51. The van der Waals surface area contributed by atoms with Gasteiger partial charge in [-0.15, -0.1) is 0 Å². The van der Waals surface area contributed by atoms with Crippen LogP contribution in [0.4, 0.5) is 8.78 Å². The smallest absolute Gasteiger partial charge is 0.126 e. The van der Waals surface area contributed by atoms with Gasteiger partial charge in [0.25, 0.3) is 0 Å². The summed E-state index contributed by atoms with van der Waals surface area (Å²) in [5.74, 6) is 4.82. The number of aryl methyl sites for hydroxylation is 1. The van der Waals surface area contributed by atoms with Crippen molar-refractivity contribution in [1.29, 1.82) is 0 Å². The van der Waals surface area contributed by atoms with Crippen LogP contribution in [0.5, 0.6) is 0 Å². The molecule has 6 atom stereocenters. The number of hydrogen-bond acceptors (Lipinski definition) is 0. The van der Waals surface area contributed by atoms with Gasteiger partial charge in [-0.05, 0) is 105 Å². The minimum absolute atomic E-state index is 0.439. The summed E-state index contributed by atoms with van der Waals surface area (Å²) in [6.45, 7) is 2.34. The third-order valence-corrected chi connectivity index (χ3v) is 8.22. The van der Waals surface area contributed by atoms with Gasteiger partial charge in [-0.2, -0.15) is 0 Å². The minimum Gasteiger partial charge on any atom is -0.207 e. The van der Waals surface area contributed by atoms with Gasteiger partial charge >= 0.3 is 0 Å². The van der Waals surface area contributed by atoms with Gasteiger partial charge in [0, 0.05) is 6.07 Å². The molecule has 0 amide bonds. The van der Waals surface area contributed by atoms with Crippen molar-refractivity contribution in [1.82, 2.24) is 0 Å². The molecule has 0 aromatic heterocycles. The molecule has 0 heterocycles. The molecule has 1 unspecified atom stereocenters. The largest absolute Gasteiger partial charge is 0.207 e. The van der Waals surface area contributed by atoms with Crippen LogP contribution < -0.4 is 0 Å². The molecule has 0 bridgehead atoms. The van der Waals surface area contributed by atoms with E-state index in [4.69, 9.17) is 0 Å². The quantitative estimate of drug-likeness (QED) is 0.499. The fraction of sp³-hybridized carbons (Fsp3) is 0.760. The second-order valence-electron chi connectivity index (χ2n) is 9.89. The Morgan fingerprint density at radius 3 is 1.85 bits per heavy atom. The second kappa shape index (κ2) is 8.62. The summed E-state index contributed by atoms with van der Waals surface area (Å²) in [4.78, 5) is 0. The Morgan fingerprint density at radius 1 is 0.741 bits per heavy atom. The average molecular weight is 375 g/mol. The molecular formula is C25H36F2. The van der Waals surface area contributed by atoms with Crippen molar-refractivity contribution in [3.05, 3.63) is 35.4 Å². The van der Waals surface area contributed by atoms with Crippen LogP contribution in [0.25, 0.3) is 0 Å². The van der Waals surface area contributed by atoms with Gasteiger partial charge in [0.2, 0.25) is 0 Å². The molecule has 1 aromatic carbocycles. The Kier molecular flexibility index (Phi) is 6.19. The molecule has 0 radical (unpaired) electrons. The zero-order chi connectivity index (χ0) is 18.8. The van der Waals surface area contributed by atoms with Crippen molar-refractivity contribution in [2.24, 2.45) is 35.5 Å². The first-order valence-corrected chi connectivity index (χ1v) is 11.6. The van der Waals surface area contributed by atoms with E-state index >= 15 is 0 Å². The van der Waals surface area contributed by atoms with Crippen LogP contribution in [0, 0.1) is 47.1 Å². The molecule has 0 nitrogen and oxygen atoms in total. The first kappa shape index (κ1) is 19.4. The summed E-state index contributed by atoms with van der Waals surface area (Å²) in [5.41, 5.74) is 0.826. The first-order valence-electron chi connectivity index (χ1n) is 11.6. The standard InChI is InChI=1S/C25H36F2/c1-2-3-17-6-10-24-20(12-17)8-9-21-13-18(7-11-25(21)24)4-5-19-14-22(26)16-23(27)15-19/h14-18,20-21,24-25H,2-13H2,1H3/t17-,18?,20-,21+,24+,25+/m1/s1. The monoisotopic (exact) mass is 374 g/mol. The van der Waals surface area contributed by atoms with E-state index in [9.17, 15) is 8.78 Å². The molecule has 0 saturated heterocycles. The van der Waals surface area contributed by atoms with Crippen LogP contribution in [-0.2, 0) is 6.42 Å².